The van der Waals surface area contributed by atoms with E-state index in [1.54, 1.807) is 37.4 Å². The molecule has 0 saturated heterocycles. The molecular formula is C19H21N3O2S. The van der Waals surface area contributed by atoms with Gasteiger partial charge in [0.05, 0.1) is 16.3 Å². The zero-order valence-electron chi connectivity index (χ0n) is 14.5. The number of rotatable bonds is 5. The van der Waals surface area contributed by atoms with Crippen LogP contribution < -0.4 is 0 Å². The van der Waals surface area contributed by atoms with Crippen molar-refractivity contribution in [3.63, 3.8) is 0 Å². The highest BCUT2D eigenvalue weighted by molar-refractivity contribution is 7.89. The molecule has 25 heavy (non-hydrogen) atoms. The Bertz CT molecular complexity index is 965. The highest BCUT2D eigenvalue weighted by atomic mass is 32.2. The third-order valence-corrected chi connectivity index (χ3v) is 6.09. The number of nitrogens with zero attached hydrogens (tertiary/aromatic N) is 3. The molecule has 1 heterocycles. The van der Waals surface area contributed by atoms with E-state index in [1.165, 1.54) is 4.31 Å². The second kappa shape index (κ2) is 6.82. The summed E-state index contributed by atoms with van der Waals surface area (Å²) in [5.74, 6) is 0. The van der Waals surface area contributed by atoms with E-state index in [0.29, 0.717) is 4.90 Å². The summed E-state index contributed by atoms with van der Waals surface area (Å²) in [6.07, 6.45) is 0. The van der Waals surface area contributed by atoms with Gasteiger partial charge in [-0.15, -0.1) is 0 Å². The van der Waals surface area contributed by atoms with E-state index in [1.807, 2.05) is 48.9 Å². The minimum Gasteiger partial charge on any atom is -0.238 e. The van der Waals surface area contributed by atoms with Crippen molar-refractivity contribution in [1.29, 1.82) is 0 Å². The average molecular weight is 355 g/mol. The molecule has 0 radical (unpaired) electrons. The Kier molecular flexibility index (Phi) is 4.74. The van der Waals surface area contributed by atoms with Crippen LogP contribution in [0.2, 0.25) is 0 Å². The molecule has 0 aliphatic rings. The van der Waals surface area contributed by atoms with Crippen LogP contribution in [0.3, 0.4) is 0 Å². The van der Waals surface area contributed by atoms with Crippen LogP contribution in [0, 0.1) is 13.8 Å². The van der Waals surface area contributed by atoms with Crippen LogP contribution in [0.1, 0.15) is 17.0 Å². The normalized spacial score (nSPS) is 11.8. The summed E-state index contributed by atoms with van der Waals surface area (Å²) in [4.78, 5) is 0.295. The molecule has 3 aromatic rings. The summed E-state index contributed by atoms with van der Waals surface area (Å²) < 4.78 is 28.7. The molecule has 0 bridgehead atoms. The first-order chi connectivity index (χ1) is 11.9. The van der Waals surface area contributed by atoms with Crippen molar-refractivity contribution in [2.45, 2.75) is 25.3 Å². The van der Waals surface area contributed by atoms with Crippen molar-refractivity contribution >= 4 is 10.0 Å². The van der Waals surface area contributed by atoms with Gasteiger partial charge in [0, 0.05) is 24.8 Å². The summed E-state index contributed by atoms with van der Waals surface area (Å²) >= 11 is 0. The Morgan fingerprint density at radius 2 is 1.52 bits per heavy atom. The van der Waals surface area contributed by atoms with Crippen molar-refractivity contribution < 1.29 is 8.42 Å². The lowest BCUT2D eigenvalue weighted by Crippen LogP contribution is -2.27. The highest BCUT2D eigenvalue weighted by Crippen LogP contribution is 2.22. The molecule has 6 heteroatoms. The molecule has 2 aromatic carbocycles. The van der Waals surface area contributed by atoms with Gasteiger partial charge in [0.2, 0.25) is 10.0 Å². The van der Waals surface area contributed by atoms with Gasteiger partial charge in [0.25, 0.3) is 0 Å². The van der Waals surface area contributed by atoms with Crippen molar-refractivity contribution in [1.82, 2.24) is 14.1 Å². The fraction of sp³-hybridized carbons (Fsp3) is 0.211. The van der Waals surface area contributed by atoms with E-state index >= 15 is 0 Å². The van der Waals surface area contributed by atoms with Crippen LogP contribution in [0.25, 0.3) is 5.69 Å². The summed E-state index contributed by atoms with van der Waals surface area (Å²) in [6.45, 7) is 4.15. The molecule has 0 spiro atoms. The van der Waals surface area contributed by atoms with Gasteiger partial charge in [-0.25, -0.2) is 13.1 Å². The maximum absolute atomic E-state index is 12.7. The minimum absolute atomic E-state index is 0.279. The van der Waals surface area contributed by atoms with Gasteiger partial charge in [0.15, 0.2) is 0 Å². The number of hydrogen-bond acceptors (Lipinski definition) is 3. The van der Waals surface area contributed by atoms with Gasteiger partial charge in [-0.05, 0) is 38.1 Å². The SMILES string of the molecule is Cc1nn(-c2ccccc2)c(C)c1CN(C)S(=O)(=O)c1ccccc1. The van der Waals surface area contributed by atoms with Crippen LogP contribution in [0.15, 0.2) is 65.6 Å². The molecular weight excluding hydrogens is 334 g/mol. The first-order valence-corrected chi connectivity index (χ1v) is 9.47. The van der Waals surface area contributed by atoms with Crippen molar-refractivity contribution in [3.05, 3.63) is 77.6 Å². The lowest BCUT2D eigenvalue weighted by atomic mass is 10.2. The number of benzene rings is 2. The Morgan fingerprint density at radius 3 is 2.12 bits per heavy atom. The van der Waals surface area contributed by atoms with Crippen molar-refractivity contribution in [2.24, 2.45) is 0 Å². The van der Waals surface area contributed by atoms with E-state index in [2.05, 4.69) is 5.10 Å². The summed E-state index contributed by atoms with van der Waals surface area (Å²) in [5.41, 5.74) is 3.66. The fourth-order valence-electron chi connectivity index (χ4n) is 2.80. The maximum atomic E-state index is 12.7. The summed E-state index contributed by atoms with van der Waals surface area (Å²) in [6, 6.07) is 18.3. The van der Waals surface area contributed by atoms with E-state index in [0.717, 1.165) is 22.6 Å². The molecule has 0 aliphatic heterocycles. The molecule has 0 fully saturated rings. The van der Waals surface area contributed by atoms with Crippen molar-refractivity contribution in [3.8, 4) is 5.69 Å². The van der Waals surface area contributed by atoms with E-state index in [9.17, 15) is 8.42 Å². The Hall–Kier alpha value is -2.44. The van der Waals surface area contributed by atoms with Crippen LogP contribution in [0.4, 0.5) is 0 Å². The van der Waals surface area contributed by atoms with Gasteiger partial charge in [0.1, 0.15) is 0 Å². The number of sulfonamides is 1. The van der Waals surface area contributed by atoms with E-state index in [4.69, 9.17) is 0 Å². The van der Waals surface area contributed by atoms with Crippen LogP contribution in [0.5, 0.6) is 0 Å². The Morgan fingerprint density at radius 1 is 0.960 bits per heavy atom. The monoisotopic (exact) mass is 355 g/mol. The standard InChI is InChI=1S/C19H21N3O2S/c1-15-19(16(2)22(20-15)17-10-6-4-7-11-17)14-21(3)25(23,24)18-12-8-5-9-13-18/h4-13H,14H2,1-3H3. The average Bonchev–Trinajstić information content (AvgIpc) is 2.91. The quantitative estimate of drug-likeness (QED) is 0.705. The topological polar surface area (TPSA) is 55.2 Å². The lowest BCUT2D eigenvalue weighted by molar-refractivity contribution is 0.465. The summed E-state index contributed by atoms with van der Waals surface area (Å²) in [5, 5.41) is 4.58. The largest absolute Gasteiger partial charge is 0.243 e. The van der Waals surface area contributed by atoms with Crippen LogP contribution >= 0.6 is 0 Å². The van der Waals surface area contributed by atoms with Gasteiger partial charge in [-0.1, -0.05) is 36.4 Å². The Labute approximate surface area is 148 Å². The van der Waals surface area contributed by atoms with E-state index in [-0.39, 0.29) is 6.54 Å². The molecule has 0 N–H and O–H groups in total. The lowest BCUT2D eigenvalue weighted by Gasteiger charge is -2.17. The zero-order chi connectivity index (χ0) is 18.0. The summed E-state index contributed by atoms with van der Waals surface area (Å²) in [7, 11) is -1.93. The molecule has 0 saturated carbocycles. The molecule has 0 unspecified atom stereocenters. The van der Waals surface area contributed by atoms with Gasteiger partial charge in [-0.2, -0.15) is 9.40 Å². The number of para-hydroxylation sites is 1. The number of hydrogen-bond donors (Lipinski definition) is 0. The molecule has 0 aliphatic carbocycles. The molecule has 0 atom stereocenters. The maximum Gasteiger partial charge on any atom is 0.243 e. The Balaban J connectivity index is 1.92. The highest BCUT2D eigenvalue weighted by Gasteiger charge is 2.23. The predicted octanol–water partition coefficient (Wildman–Crippen LogP) is 3.31. The zero-order valence-corrected chi connectivity index (χ0v) is 15.4. The van der Waals surface area contributed by atoms with Gasteiger partial charge < -0.3 is 0 Å². The second-order valence-electron chi connectivity index (χ2n) is 5.97. The molecule has 130 valence electrons. The first kappa shape index (κ1) is 17.4. The number of aryl methyl sites for hydroxylation is 1. The van der Waals surface area contributed by atoms with E-state index < -0.39 is 10.0 Å². The smallest absolute Gasteiger partial charge is 0.238 e. The second-order valence-corrected chi connectivity index (χ2v) is 8.02. The third-order valence-electron chi connectivity index (χ3n) is 4.27. The fourth-order valence-corrected chi connectivity index (χ4v) is 3.96. The molecule has 0 amide bonds. The third kappa shape index (κ3) is 3.36. The first-order valence-electron chi connectivity index (χ1n) is 8.03. The van der Waals surface area contributed by atoms with Gasteiger partial charge in [-0.3, -0.25) is 0 Å². The van der Waals surface area contributed by atoms with Crippen LogP contribution in [-0.2, 0) is 16.6 Å². The van der Waals surface area contributed by atoms with Gasteiger partial charge >= 0.3 is 0 Å². The molecule has 3 rings (SSSR count). The number of aromatic nitrogens is 2. The minimum atomic E-state index is -3.53. The molecule has 1 aromatic heterocycles. The molecule has 5 nitrogen and oxygen atoms in total. The van der Waals surface area contributed by atoms with Crippen molar-refractivity contribution in [2.75, 3.05) is 7.05 Å². The predicted molar refractivity (Wildman–Crippen MR) is 98.1 cm³/mol. The van der Waals surface area contributed by atoms with Crippen LogP contribution in [-0.4, -0.2) is 29.6 Å².